The van der Waals surface area contributed by atoms with Crippen molar-refractivity contribution in [3.8, 4) is 28.8 Å². The first-order valence-corrected chi connectivity index (χ1v) is 13.2. The van der Waals surface area contributed by atoms with E-state index in [1.54, 1.807) is 6.26 Å². The van der Waals surface area contributed by atoms with E-state index in [2.05, 4.69) is 21.2 Å². The number of thioether (sulfide) groups is 1. The smallest absolute Gasteiger partial charge is 0.233 e. The molecule has 0 bridgehead atoms. The minimum absolute atomic E-state index is 0.103. The summed E-state index contributed by atoms with van der Waals surface area (Å²) >= 11 is 1.40. The van der Waals surface area contributed by atoms with Crippen molar-refractivity contribution >= 4 is 17.7 Å². The van der Waals surface area contributed by atoms with E-state index in [0.29, 0.717) is 35.6 Å². The zero-order valence-corrected chi connectivity index (χ0v) is 21.3. The first-order chi connectivity index (χ1) is 18.2. The summed E-state index contributed by atoms with van der Waals surface area (Å²) < 4.78 is 18.5. The monoisotopic (exact) mass is 517 g/mol. The fraction of sp³-hybridized carbons (Fsp3) is 0.296. The molecule has 0 spiro atoms. The van der Waals surface area contributed by atoms with Gasteiger partial charge >= 0.3 is 0 Å². The number of hydrogen-bond acceptors (Lipinski definition) is 8. The van der Waals surface area contributed by atoms with Crippen molar-refractivity contribution in [2.24, 2.45) is 0 Å². The molecule has 10 heteroatoms. The minimum atomic E-state index is 0.103. The van der Waals surface area contributed by atoms with Crippen LogP contribution in [0.25, 0.3) is 17.3 Å². The van der Waals surface area contributed by atoms with Crippen molar-refractivity contribution in [1.29, 1.82) is 0 Å². The van der Waals surface area contributed by atoms with Crippen LogP contribution in [0, 0.1) is 6.92 Å². The number of carbonyl (C=O) groups excluding carboxylic acids is 1. The second kappa shape index (κ2) is 10.3. The SMILES string of the molecule is Cc1ccccc1-n1c(SCC(=O)N2CCN(Cc3ccc4c(c3)OCO4)CC2)nnc1-c1ccco1. The van der Waals surface area contributed by atoms with Crippen LogP contribution >= 0.6 is 11.8 Å². The number of amides is 1. The number of nitrogens with zero attached hydrogens (tertiary/aromatic N) is 5. The van der Waals surface area contributed by atoms with Gasteiger partial charge in [-0.2, -0.15) is 0 Å². The maximum Gasteiger partial charge on any atom is 0.233 e. The normalized spacial score (nSPS) is 15.3. The van der Waals surface area contributed by atoms with Crippen LogP contribution in [0.5, 0.6) is 11.5 Å². The van der Waals surface area contributed by atoms with Gasteiger partial charge in [0.1, 0.15) is 0 Å². The maximum atomic E-state index is 13.1. The Bertz CT molecular complexity index is 1400. The highest BCUT2D eigenvalue weighted by Gasteiger charge is 2.24. The average molecular weight is 518 g/mol. The Morgan fingerprint density at radius 2 is 1.81 bits per heavy atom. The Hall–Kier alpha value is -3.76. The zero-order valence-electron chi connectivity index (χ0n) is 20.5. The fourth-order valence-corrected chi connectivity index (χ4v) is 5.48. The van der Waals surface area contributed by atoms with E-state index in [9.17, 15) is 4.79 Å². The third-order valence-corrected chi connectivity index (χ3v) is 7.54. The van der Waals surface area contributed by atoms with Crippen molar-refractivity contribution < 1.29 is 18.7 Å². The van der Waals surface area contributed by atoms with E-state index >= 15 is 0 Å². The van der Waals surface area contributed by atoms with Crippen molar-refractivity contribution in [3.63, 3.8) is 0 Å². The number of para-hydroxylation sites is 1. The van der Waals surface area contributed by atoms with E-state index in [4.69, 9.17) is 13.9 Å². The number of ether oxygens (including phenoxy) is 2. The Labute approximate surface area is 219 Å². The van der Waals surface area contributed by atoms with Crippen LogP contribution in [0.3, 0.4) is 0 Å². The van der Waals surface area contributed by atoms with Crippen molar-refractivity contribution in [1.82, 2.24) is 24.6 Å². The molecule has 2 aliphatic rings. The minimum Gasteiger partial charge on any atom is -0.461 e. The molecule has 0 atom stereocenters. The second-order valence-electron chi connectivity index (χ2n) is 9.04. The van der Waals surface area contributed by atoms with Crippen LogP contribution < -0.4 is 9.47 Å². The van der Waals surface area contributed by atoms with Crippen molar-refractivity contribution in [3.05, 3.63) is 72.0 Å². The summed E-state index contributed by atoms with van der Waals surface area (Å²) in [6.07, 6.45) is 1.62. The average Bonchev–Trinajstić information content (AvgIpc) is 3.69. The van der Waals surface area contributed by atoms with Gasteiger partial charge in [-0.1, -0.05) is 36.0 Å². The lowest BCUT2D eigenvalue weighted by Crippen LogP contribution is -2.48. The molecule has 4 aromatic rings. The molecule has 4 heterocycles. The molecule has 2 aromatic carbocycles. The number of benzene rings is 2. The number of fused-ring (bicyclic) bond motifs is 1. The highest BCUT2D eigenvalue weighted by atomic mass is 32.2. The van der Waals surface area contributed by atoms with Gasteiger partial charge in [0.25, 0.3) is 0 Å². The van der Waals surface area contributed by atoms with Crippen molar-refractivity contribution in [2.45, 2.75) is 18.6 Å². The summed E-state index contributed by atoms with van der Waals surface area (Å²) in [6.45, 7) is 6.20. The van der Waals surface area contributed by atoms with Crippen LogP contribution in [-0.2, 0) is 11.3 Å². The number of piperazine rings is 1. The van der Waals surface area contributed by atoms with Gasteiger partial charge in [-0.3, -0.25) is 14.3 Å². The first-order valence-electron chi connectivity index (χ1n) is 12.2. The molecule has 190 valence electrons. The number of hydrogen-bond donors (Lipinski definition) is 0. The topological polar surface area (TPSA) is 85.9 Å². The quantitative estimate of drug-likeness (QED) is 0.340. The van der Waals surface area contributed by atoms with Gasteiger partial charge in [0.05, 0.1) is 17.7 Å². The Balaban J connectivity index is 1.09. The molecule has 0 unspecified atom stereocenters. The second-order valence-corrected chi connectivity index (χ2v) is 9.98. The van der Waals surface area contributed by atoms with E-state index in [1.165, 1.54) is 17.3 Å². The highest BCUT2D eigenvalue weighted by molar-refractivity contribution is 7.99. The van der Waals surface area contributed by atoms with Gasteiger partial charge in [-0.25, -0.2) is 0 Å². The molecule has 37 heavy (non-hydrogen) atoms. The molecule has 1 amide bonds. The van der Waals surface area contributed by atoms with E-state index < -0.39 is 0 Å². The van der Waals surface area contributed by atoms with Crippen LogP contribution in [0.1, 0.15) is 11.1 Å². The van der Waals surface area contributed by atoms with Crippen LogP contribution in [0.2, 0.25) is 0 Å². The molecule has 9 nitrogen and oxygen atoms in total. The molecule has 1 saturated heterocycles. The molecule has 2 aliphatic heterocycles. The summed E-state index contributed by atoms with van der Waals surface area (Å²) in [5.74, 6) is 3.25. The lowest BCUT2D eigenvalue weighted by molar-refractivity contribution is -0.130. The number of carbonyl (C=O) groups is 1. The molecular formula is C27H27N5O4S. The van der Waals surface area contributed by atoms with Crippen LogP contribution in [-0.4, -0.2) is 69.2 Å². The lowest BCUT2D eigenvalue weighted by atomic mass is 10.1. The molecule has 0 saturated carbocycles. The summed E-state index contributed by atoms with van der Waals surface area (Å²) in [7, 11) is 0. The van der Waals surface area contributed by atoms with E-state index in [-0.39, 0.29) is 12.7 Å². The Morgan fingerprint density at radius 1 is 0.973 bits per heavy atom. The van der Waals surface area contributed by atoms with Gasteiger partial charge in [0, 0.05) is 32.7 Å². The highest BCUT2D eigenvalue weighted by Crippen LogP contribution is 2.33. The summed E-state index contributed by atoms with van der Waals surface area (Å²) in [5, 5.41) is 9.46. The van der Waals surface area contributed by atoms with Crippen LogP contribution in [0.15, 0.2) is 70.4 Å². The third kappa shape index (κ3) is 4.94. The summed E-state index contributed by atoms with van der Waals surface area (Å²) in [4.78, 5) is 17.4. The standard InChI is InChI=1S/C27H27N5O4S/c1-19-5-2-3-6-21(19)32-26(23-7-4-14-34-23)28-29-27(32)37-17-25(33)31-12-10-30(11-13-31)16-20-8-9-22-24(15-20)36-18-35-22/h2-9,14-15H,10-13,16-18H2,1H3. The number of rotatable bonds is 7. The van der Waals surface area contributed by atoms with Crippen molar-refractivity contribution in [2.75, 3.05) is 38.7 Å². The van der Waals surface area contributed by atoms with Gasteiger partial charge in [-0.05, 0) is 48.4 Å². The lowest BCUT2D eigenvalue weighted by Gasteiger charge is -2.34. The van der Waals surface area contributed by atoms with E-state index in [0.717, 1.165) is 42.4 Å². The van der Waals surface area contributed by atoms with Gasteiger partial charge < -0.3 is 18.8 Å². The summed E-state index contributed by atoms with van der Waals surface area (Å²) in [6, 6.07) is 17.8. The predicted molar refractivity (Wildman–Crippen MR) is 139 cm³/mol. The zero-order chi connectivity index (χ0) is 25.2. The van der Waals surface area contributed by atoms with Crippen LogP contribution in [0.4, 0.5) is 0 Å². The maximum absolute atomic E-state index is 13.1. The molecule has 2 aromatic heterocycles. The third-order valence-electron chi connectivity index (χ3n) is 6.62. The van der Waals surface area contributed by atoms with Gasteiger partial charge in [0.15, 0.2) is 22.4 Å². The summed E-state index contributed by atoms with van der Waals surface area (Å²) in [5.41, 5.74) is 3.23. The fourth-order valence-electron chi connectivity index (χ4n) is 4.63. The number of aromatic nitrogens is 3. The van der Waals surface area contributed by atoms with Gasteiger partial charge in [-0.15, -0.1) is 10.2 Å². The Kier molecular flexibility index (Phi) is 6.58. The van der Waals surface area contributed by atoms with E-state index in [1.807, 2.05) is 64.9 Å². The molecule has 1 fully saturated rings. The largest absolute Gasteiger partial charge is 0.461 e. The molecule has 6 rings (SSSR count). The Morgan fingerprint density at radius 3 is 2.62 bits per heavy atom. The molecule has 0 N–H and O–H groups in total. The number of furan rings is 1. The molecular weight excluding hydrogens is 490 g/mol. The number of aryl methyl sites for hydroxylation is 1. The molecule has 0 radical (unpaired) electrons. The molecule has 0 aliphatic carbocycles. The first kappa shape index (κ1) is 23.6. The van der Waals surface area contributed by atoms with Gasteiger partial charge in [0.2, 0.25) is 18.5 Å². The predicted octanol–water partition coefficient (Wildman–Crippen LogP) is 4.00.